The molecule has 0 bridgehead atoms. The number of rotatable bonds is 5. The quantitative estimate of drug-likeness (QED) is 0.853. The van der Waals surface area contributed by atoms with Crippen molar-refractivity contribution in [3.63, 3.8) is 0 Å². The van der Waals surface area contributed by atoms with Gasteiger partial charge in [-0.25, -0.2) is 0 Å². The van der Waals surface area contributed by atoms with E-state index < -0.39 is 0 Å². The number of aromatic hydroxyl groups is 1. The molecule has 0 saturated heterocycles. The van der Waals surface area contributed by atoms with Crippen LogP contribution in [0.1, 0.15) is 24.8 Å². The summed E-state index contributed by atoms with van der Waals surface area (Å²) in [6.45, 7) is 2.52. The van der Waals surface area contributed by atoms with Crippen LogP contribution in [0.15, 0.2) is 6.07 Å². The van der Waals surface area contributed by atoms with Gasteiger partial charge in [0.25, 0.3) is 0 Å². The van der Waals surface area contributed by atoms with E-state index >= 15 is 0 Å². The van der Waals surface area contributed by atoms with Gasteiger partial charge < -0.3 is 20.3 Å². The molecule has 1 aromatic carbocycles. The Labute approximate surface area is 106 Å². The highest BCUT2D eigenvalue weighted by Gasteiger charge is 2.22. The van der Waals surface area contributed by atoms with Gasteiger partial charge in [0.05, 0.1) is 19.2 Å². The predicted octanol–water partition coefficient (Wildman–Crippen LogP) is 2.52. The molecule has 0 aliphatic heterocycles. The first-order valence-corrected chi connectivity index (χ1v) is 5.78. The van der Waals surface area contributed by atoms with Crippen LogP contribution in [0, 0.1) is 0 Å². The number of phenolic OH excluding ortho intramolecular Hbond substituents is 1. The second kappa shape index (κ2) is 5.98. The van der Waals surface area contributed by atoms with Crippen molar-refractivity contribution in [1.29, 1.82) is 0 Å². The van der Waals surface area contributed by atoms with Crippen molar-refractivity contribution in [3.05, 3.63) is 16.7 Å². The maximum Gasteiger partial charge on any atom is 0.165 e. The van der Waals surface area contributed by atoms with Crippen LogP contribution >= 0.6 is 11.6 Å². The van der Waals surface area contributed by atoms with Crippen LogP contribution in [0.3, 0.4) is 0 Å². The van der Waals surface area contributed by atoms with Crippen molar-refractivity contribution < 1.29 is 14.6 Å². The Kier molecular flexibility index (Phi) is 4.90. The molecule has 96 valence electrons. The van der Waals surface area contributed by atoms with E-state index in [1.54, 1.807) is 7.11 Å². The van der Waals surface area contributed by atoms with Crippen LogP contribution in [0.5, 0.6) is 17.2 Å². The largest absolute Gasteiger partial charge is 0.506 e. The lowest BCUT2D eigenvalue weighted by molar-refractivity contribution is 0.345. The van der Waals surface area contributed by atoms with Crippen molar-refractivity contribution in [2.45, 2.75) is 19.3 Å². The Morgan fingerprint density at radius 2 is 2.06 bits per heavy atom. The van der Waals surface area contributed by atoms with E-state index in [1.165, 1.54) is 13.2 Å². The number of methoxy groups -OCH3 is 2. The summed E-state index contributed by atoms with van der Waals surface area (Å²) in [5.74, 6) is 1.09. The Hall–Kier alpha value is -1.13. The lowest BCUT2D eigenvalue weighted by Crippen LogP contribution is -2.07. The molecule has 5 heteroatoms. The van der Waals surface area contributed by atoms with Crippen molar-refractivity contribution in [2.24, 2.45) is 5.73 Å². The van der Waals surface area contributed by atoms with Gasteiger partial charge in [-0.15, -0.1) is 0 Å². The van der Waals surface area contributed by atoms with Gasteiger partial charge in [0.15, 0.2) is 11.5 Å². The molecule has 0 fully saturated rings. The molecule has 3 N–H and O–H groups in total. The summed E-state index contributed by atoms with van der Waals surface area (Å²) < 4.78 is 10.5. The number of ether oxygens (including phenoxy) is 2. The Balaban J connectivity index is 3.37. The standard InChI is InChI=1S/C12H18ClNO3/c1-7(4-5-14)10-11(13)8(15)6-9(16-2)12(10)17-3/h6-7,15H,4-5,14H2,1-3H3. The van der Waals surface area contributed by atoms with E-state index in [0.29, 0.717) is 23.1 Å². The number of halogens is 1. The third kappa shape index (κ3) is 2.76. The third-order valence-electron chi connectivity index (χ3n) is 2.71. The highest BCUT2D eigenvalue weighted by Crippen LogP contribution is 2.45. The first-order chi connectivity index (χ1) is 8.06. The zero-order valence-corrected chi connectivity index (χ0v) is 11.0. The topological polar surface area (TPSA) is 64.7 Å². The Morgan fingerprint density at radius 1 is 1.41 bits per heavy atom. The molecule has 0 amide bonds. The fourth-order valence-corrected chi connectivity index (χ4v) is 2.15. The number of hydrogen-bond donors (Lipinski definition) is 2. The lowest BCUT2D eigenvalue weighted by atomic mass is 9.96. The molecule has 1 aromatic rings. The number of benzene rings is 1. The second-order valence-electron chi connectivity index (χ2n) is 3.84. The number of nitrogens with two attached hydrogens (primary N) is 1. The zero-order valence-electron chi connectivity index (χ0n) is 10.3. The number of phenols is 1. The molecule has 0 spiro atoms. The zero-order chi connectivity index (χ0) is 13.0. The SMILES string of the molecule is COc1cc(O)c(Cl)c(C(C)CCN)c1OC. The van der Waals surface area contributed by atoms with Crippen LogP contribution in [-0.2, 0) is 0 Å². The lowest BCUT2D eigenvalue weighted by Gasteiger charge is -2.19. The average molecular weight is 260 g/mol. The first kappa shape index (κ1) is 13.9. The van der Waals surface area contributed by atoms with E-state index in [0.717, 1.165) is 12.0 Å². The molecule has 0 heterocycles. The Bertz CT molecular complexity index is 396. The van der Waals surface area contributed by atoms with Crippen molar-refractivity contribution in [2.75, 3.05) is 20.8 Å². The van der Waals surface area contributed by atoms with Gasteiger partial charge in [0, 0.05) is 11.6 Å². The molecular formula is C12H18ClNO3. The minimum absolute atomic E-state index is 0.0109. The van der Waals surface area contributed by atoms with Crippen LogP contribution < -0.4 is 15.2 Å². The van der Waals surface area contributed by atoms with Gasteiger partial charge in [-0.2, -0.15) is 0 Å². The van der Waals surface area contributed by atoms with E-state index in [9.17, 15) is 5.11 Å². The monoisotopic (exact) mass is 259 g/mol. The minimum Gasteiger partial charge on any atom is -0.506 e. The summed E-state index contributed by atoms with van der Waals surface area (Å²) in [7, 11) is 3.06. The molecule has 0 aromatic heterocycles. The molecule has 0 saturated carbocycles. The molecule has 1 atom stereocenters. The van der Waals surface area contributed by atoms with Crippen LogP contribution in [-0.4, -0.2) is 25.9 Å². The van der Waals surface area contributed by atoms with Gasteiger partial charge in [-0.1, -0.05) is 18.5 Å². The van der Waals surface area contributed by atoms with E-state index in [4.69, 9.17) is 26.8 Å². The first-order valence-electron chi connectivity index (χ1n) is 5.40. The molecule has 0 radical (unpaired) electrons. The molecular weight excluding hydrogens is 242 g/mol. The van der Waals surface area contributed by atoms with E-state index in [1.807, 2.05) is 6.92 Å². The fourth-order valence-electron chi connectivity index (χ4n) is 1.82. The fraction of sp³-hybridized carbons (Fsp3) is 0.500. The summed E-state index contributed by atoms with van der Waals surface area (Å²) in [6.07, 6.45) is 0.753. The highest BCUT2D eigenvalue weighted by atomic mass is 35.5. The maximum absolute atomic E-state index is 9.75. The molecule has 4 nitrogen and oxygen atoms in total. The third-order valence-corrected chi connectivity index (χ3v) is 3.11. The van der Waals surface area contributed by atoms with Gasteiger partial charge >= 0.3 is 0 Å². The molecule has 1 rings (SSSR count). The van der Waals surface area contributed by atoms with Crippen LogP contribution in [0.25, 0.3) is 0 Å². The number of hydrogen-bond acceptors (Lipinski definition) is 4. The summed E-state index contributed by atoms with van der Waals surface area (Å²) in [5.41, 5.74) is 6.27. The van der Waals surface area contributed by atoms with Gasteiger partial charge in [0.2, 0.25) is 0 Å². The van der Waals surface area contributed by atoms with Crippen molar-refractivity contribution in [3.8, 4) is 17.2 Å². The second-order valence-corrected chi connectivity index (χ2v) is 4.22. The van der Waals surface area contributed by atoms with Crippen LogP contribution in [0.2, 0.25) is 5.02 Å². The van der Waals surface area contributed by atoms with E-state index in [2.05, 4.69) is 0 Å². The predicted molar refractivity (Wildman–Crippen MR) is 68.3 cm³/mol. The molecule has 0 aliphatic carbocycles. The minimum atomic E-state index is -0.0109. The van der Waals surface area contributed by atoms with Crippen molar-refractivity contribution >= 4 is 11.6 Å². The normalized spacial score (nSPS) is 12.3. The van der Waals surface area contributed by atoms with E-state index in [-0.39, 0.29) is 11.7 Å². The average Bonchev–Trinajstić information content (AvgIpc) is 2.31. The molecule has 1 unspecified atom stereocenters. The summed E-state index contributed by atoms with van der Waals surface area (Å²) in [4.78, 5) is 0. The summed E-state index contributed by atoms with van der Waals surface area (Å²) >= 11 is 6.11. The molecule has 0 aliphatic rings. The van der Waals surface area contributed by atoms with Gasteiger partial charge in [-0.05, 0) is 18.9 Å². The summed E-state index contributed by atoms with van der Waals surface area (Å²) in [5, 5.41) is 10.0. The van der Waals surface area contributed by atoms with Gasteiger partial charge in [-0.3, -0.25) is 0 Å². The van der Waals surface area contributed by atoms with Crippen molar-refractivity contribution in [1.82, 2.24) is 0 Å². The van der Waals surface area contributed by atoms with Gasteiger partial charge in [0.1, 0.15) is 5.75 Å². The summed E-state index contributed by atoms with van der Waals surface area (Å²) in [6, 6.07) is 1.44. The maximum atomic E-state index is 9.75. The Morgan fingerprint density at radius 3 is 2.53 bits per heavy atom. The highest BCUT2D eigenvalue weighted by molar-refractivity contribution is 6.33. The smallest absolute Gasteiger partial charge is 0.165 e. The molecule has 17 heavy (non-hydrogen) atoms. The van der Waals surface area contributed by atoms with Crippen LogP contribution in [0.4, 0.5) is 0 Å².